The minimum atomic E-state index is -0.386. The zero-order valence-electron chi connectivity index (χ0n) is 12.3. The monoisotopic (exact) mass is 332 g/mol. The molecule has 0 heterocycles. The molecule has 0 atom stereocenters. The van der Waals surface area contributed by atoms with Gasteiger partial charge in [0.05, 0.1) is 11.4 Å². The first-order valence-corrected chi connectivity index (χ1v) is 7.32. The van der Waals surface area contributed by atoms with Crippen LogP contribution in [0.5, 0.6) is 0 Å². The number of hydrogen-bond acceptors (Lipinski definition) is 4. The summed E-state index contributed by atoms with van der Waals surface area (Å²) in [7, 11) is 0. The number of nitrogens with one attached hydrogen (secondary N) is 2. The molecule has 0 saturated carbocycles. The van der Waals surface area contributed by atoms with Crippen molar-refractivity contribution in [1.82, 2.24) is 0 Å². The first-order valence-electron chi connectivity index (χ1n) is 6.94. The van der Waals surface area contributed by atoms with E-state index in [-0.39, 0.29) is 18.2 Å². The van der Waals surface area contributed by atoms with Crippen molar-refractivity contribution < 1.29 is 9.59 Å². The minimum absolute atomic E-state index is 0.217. The van der Waals surface area contributed by atoms with Crippen LogP contribution in [0.1, 0.15) is 16.8 Å². The van der Waals surface area contributed by atoms with Crippen molar-refractivity contribution in [2.45, 2.75) is 6.42 Å². The third-order valence-corrected chi connectivity index (χ3v) is 3.35. The average Bonchev–Trinajstić information content (AvgIpc) is 2.49. The van der Waals surface area contributed by atoms with Crippen LogP contribution in [0.15, 0.2) is 42.5 Å². The van der Waals surface area contributed by atoms with E-state index in [4.69, 9.17) is 23.1 Å². The van der Waals surface area contributed by atoms with Crippen LogP contribution >= 0.6 is 11.6 Å². The summed E-state index contributed by atoms with van der Waals surface area (Å²) in [6.45, 7) is 0.399. The molecular formula is C16H17ClN4O2. The summed E-state index contributed by atoms with van der Waals surface area (Å²) in [6, 6.07) is 11.7. The SMILES string of the molecule is NC(=O)CCNc1ccc(NC(=O)c2ccc(Cl)cc2)cc1N. The van der Waals surface area contributed by atoms with E-state index < -0.39 is 0 Å². The van der Waals surface area contributed by atoms with Crippen LogP contribution in [0, 0.1) is 0 Å². The molecule has 7 heteroatoms. The predicted molar refractivity (Wildman–Crippen MR) is 92.6 cm³/mol. The summed E-state index contributed by atoms with van der Waals surface area (Å²) in [6.07, 6.45) is 0.217. The zero-order valence-corrected chi connectivity index (χ0v) is 13.1. The summed E-state index contributed by atoms with van der Waals surface area (Å²) in [5.74, 6) is -0.640. The largest absolute Gasteiger partial charge is 0.397 e. The number of carbonyl (C=O) groups is 2. The summed E-state index contributed by atoms with van der Waals surface area (Å²) < 4.78 is 0. The molecule has 6 nitrogen and oxygen atoms in total. The Morgan fingerprint density at radius 2 is 1.78 bits per heavy atom. The Bertz CT molecular complexity index is 717. The fourth-order valence-corrected chi connectivity index (χ4v) is 2.05. The fraction of sp³-hybridized carbons (Fsp3) is 0.125. The van der Waals surface area contributed by atoms with Gasteiger partial charge in [-0.05, 0) is 42.5 Å². The number of nitrogens with two attached hydrogens (primary N) is 2. The van der Waals surface area contributed by atoms with Crippen LogP contribution in [0.2, 0.25) is 5.02 Å². The van der Waals surface area contributed by atoms with Crippen LogP contribution in [0.25, 0.3) is 0 Å². The lowest BCUT2D eigenvalue weighted by atomic mass is 10.2. The second kappa shape index (κ2) is 7.51. The van der Waals surface area contributed by atoms with Crippen molar-refractivity contribution in [1.29, 1.82) is 0 Å². The molecule has 0 aliphatic rings. The van der Waals surface area contributed by atoms with Crippen LogP contribution in [-0.4, -0.2) is 18.4 Å². The molecule has 2 amide bonds. The molecule has 0 aliphatic carbocycles. The van der Waals surface area contributed by atoms with E-state index in [1.54, 1.807) is 42.5 Å². The number of nitrogen functional groups attached to an aromatic ring is 1. The number of amides is 2. The Morgan fingerprint density at radius 1 is 1.09 bits per heavy atom. The molecule has 2 aromatic carbocycles. The van der Waals surface area contributed by atoms with Gasteiger partial charge in [0.15, 0.2) is 0 Å². The smallest absolute Gasteiger partial charge is 0.255 e. The Kier molecular flexibility index (Phi) is 5.43. The van der Waals surface area contributed by atoms with Crippen molar-refractivity contribution in [2.24, 2.45) is 5.73 Å². The lowest BCUT2D eigenvalue weighted by molar-refractivity contribution is -0.117. The maximum atomic E-state index is 12.1. The fourth-order valence-electron chi connectivity index (χ4n) is 1.93. The third kappa shape index (κ3) is 4.89. The Balaban J connectivity index is 2.01. The summed E-state index contributed by atoms with van der Waals surface area (Å²) in [4.78, 5) is 22.8. The number of benzene rings is 2. The van der Waals surface area contributed by atoms with Gasteiger partial charge in [-0.2, -0.15) is 0 Å². The van der Waals surface area contributed by atoms with Crippen LogP contribution in [-0.2, 0) is 4.79 Å². The second-order valence-corrected chi connectivity index (χ2v) is 5.34. The quantitative estimate of drug-likeness (QED) is 0.609. The van der Waals surface area contributed by atoms with E-state index in [9.17, 15) is 9.59 Å². The average molecular weight is 333 g/mol. The molecule has 6 N–H and O–H groups in total. The standard InChI is InChI=1S/C16H17ClN4O2/c17-11-3-1-10(2-4-11)16(23)21-12-5-6-14(13(18)9-12)20-8-7-15(19)22/h1-6,9,20H,7-8,18H2,(H2,19,22)(H,21,23). The van der Waals surface area contributed by atoms with E-state index in [0.29, 0.717) is 34.2 Å². The summed E-state index contributed by atoms with van der Waals surface area (Å²) in [5.41, 5.74) is 13.2. The Labute approximate surface area is 138 Å². The van der Waals surface area contributed by atoms with Gasteiger partial charge in [-0.3, -0.25) is 9.59 Å². The van der Waals surface area contributed by atoms with Crippen molar-refractivity contribution in [3.8, 4) is 0 Å². The zero-order chi connectivity index (χ0) is 16.8. The van der Waals surface area contributed by atoms with Crippen molar-refractivity contribution in [3.63, 3.8) is 0 Å². The minimum Gasteiger partial charge on any atom is -0.397 e. The molecule has 0 fully saturated rings. The van der Waals surface area contributed by atoms with E-state index in [2.05, 4.69) is 10.6 Å². The van der Waals surface area contributed by atoms with E-state index in [0.717, 1.165) is 0 Å². The number of hydrogen-bond donors (Lipinski definition) is 4. The molecule has 0 spiro atoms. The Morgan fingerprint density at radius 3 is 2.39 bits per heavy atom. The number of anilines is 3. The first kappa shape index (κ1) is 16.6. The highest BCUT2D eigenvalue weighted by atomic mass is 35.5. The normalized spacial score (nSPS) is 10.1. The molecule has 0 unspecified atom stereocenters. The molecule has 0 saturated heterocycles. The number of halogens is 1. The van der Waals surface area contributed by atoms with Gasteiger partial charge in [-0.15, -0.1) is 0 Å². The maximum Gasteiger partial charge on any atom is 0.255 e. The van der Waals surface area contributed by atoms with Gasteiger partial charge in [0.25, 0.3) is 5.91 Å². The lowest BCUT2D eigenvalue weighted by Crippen LogP contribution is -2.16. The van der Waals surface area contributed by atoms with Gasteiger partial charge in [0.2, 0.25) is 5.91 Å². The second-order valence-electron chi connectivity index (χ2n) is 4.91. The molecule has 120 valence electrons. The molecule has 0 radical (unpaired) electrons. The molecule has 0 aromatic heterocycles. The highest BCUT2D eigenvalue weighted by Crippen LogP contribution is 2.23. The maximum absolute atomic E-state index is 12.1. The van der Waals surface area contributed by atoms with Gasteiger partial charge in [0.1, 0.15) is 0 Å². The number of carbonyl (C=O) groups excluding carboxylic acids is 2. The van der Waals surface area contributed by atoms with Crippen LogP contribution in [0.4, 0.5) is 17.1 Å². The van der Waals surface area contributed by atoms with E-state index in [1.165, 1.54) is 0 Å². The first-order chi connectivity index (χ1) is 11.0. The van der Waals surface area contributed by atoms with Crippen molar-refractivity contribution >= 4 is 40.5 Å². The molecular weight excluding hydrogens is 316 g/mol. The van der Waals surface area contributed by atoms with Gasteiger partial charge in [-0.25, -0.2) is 0 Å². The summed E-state index contributed by atoms with van der Waals surface area (Å²) >= 11 is 5.79. The predicted octanol–water partition coefficient (Wildman–Crippen LogP) is 2.46. The molecule has 2 rings (SSSR count). The van der Waals surface area contributed by atoms with Crippen LogP contribution < -0.4 is 22.1 Å². The van der Waals surface area contributed by atoms with Gasteiger partial charge < -0.3 is 22.1 Å². The highest BCUT2D eigenvalue weighted by molar-refractivity contribution is 6.30. The van der Waals surface area contributed by atoms with E-state index in [1.807, 2.05) is 0 Å². The van der Waals surface area contributed by atoms with Gasteiger partial charge >= 0.3 is 0 Å². The number of primary amides is 1. The lowest BCUT2D eigenvalue weighted by Gasteiger charge is -2.11. The Hall–Kier alpha value is -2.73. The molecule has 0 aliphatic heterocycles. The molecule has 2 aromatic rings. The summed E-state index contributed by atoms with van der Waals surface area (Å²) in [5, 5.41) is 6.33. The highest BCUT2D eigenvalue weighted by Gasteiger charge is 2.07. The number of rotatable bonds is 6. The topological polar surface area (TPSA) is 110 Å². The van der Waals surface area contributed by atoms with Crippen LogP contribution in [0.3, 0.4) is 0 Å². The van der Waals surface area contributed by atoms with Crippen molar-refractivity contribution in [2.75, 3.05) is 22.9 Å². The molecule has 0 bridgehead atoms. The van der Waals surface area contributed by atoms with Gasteiger partial charge in [0, 0.05) is 29.2 Å². The van der Waals surface area contributed by atoms with Crippen molar-refractivity contribution in [3.05, 3.63) is 53.1 Å². The van der Waals surface area contributed by atoms with Gasteiger partial charge in [-0.1, -0.05) is 11.6 Å². The third-order valence-electron chi connectivity index (χ3n) is 3.10. The van der Waals surface area contributed by atoms with E-state index >= 15 is 0 Å². The molecule has 23 heavy (non-hydrogen) atoms.